The molecule has 0 spiro atoms. The molecule has 0 unspecified atom stereocenters. The molecule has 0 radical (unpaired) electrons. The molecule has 0 atom stereocenters. The number of rotatable bonds is 4. The highest BCUT2D eigenvalue weighted by molar-refractivity contribution is 6.35. The summed E-state index contributed by atoms with van der Waals surface area (Å²) in [5, 5.41) is 9.70. The van der Waals surface area contributed by atoms with E-state index in [2.05, 4.69) is 20.3 Å². The number of aromatic nitrogens is 4. The molecule has 0 amide bonds. The Balaban J connectivity index is 1.79. The van der Waals surface area contributed by atoms with Gasteiger partial charge in [-0.1, -0.05) is 40.5 Å². The van der Waals surface area contributed by atoms with E-state index in [0.717, 1.165) is 22.2 Å². The average molecular weight is 401 g/mol. The van der Waals surface area contributed by atoms with Gasteiger partial charge in [0.25, 0.3) is 0 Å². The van der Waals surface area contributed by atoms with Gasteiger partial charge in [-0.3, -0.25) is 4.98 Å². The van der Waals surface area contributed by atoms with Crippen molar-refractivity contribution in [3.63, 3.8) is 0 Å². The predicted octanol–water partition coefficient (Wildman–Crippen LogP) is 5.18. The largest absolute Gasteiger partial charge is 0.487 e. The Morgan fingerprint density at radius 2 is 1.85 bits per heavy atom. The van der Waals surface area contributed by atoms with E-state index in [1.165, 1.54) is 12.4 Å². The third kappa shape index (κ3) is 3.34. The predicted molar refractivity (Wildman–Crippen MR) is 103 cm³/mol. The van der Waals surface area contributed by atoms with Gasteiger partial charge in [-0.15, -0.1) is 0 Å². The lowest BCUT2D eigenvalue weighted by Crippen LogP contribution is -2.00. The van der Waals surface area contributed by atoms with Crippen LogP contribution < -0.4 is 4.74 Å². The molecule has 0 aliphatic rings. The zero-order chi connectivity index (χ0) is 19.0. The Bertz CT molecular complexity index is 1120. The maximum absolute atomic E-state index is 6.18. The van der Waals surface area contributed by atoms with Gasteiger partial charge in [-0.2, -0.15) is 0 Å². The lowest BCUT2D eigenvalue weighted by molar-refractivity contribution is 0.306. The van der Waals surface area contributed by atoms with E-state index in [0.29, 0.717) is 32.7 Å². The molecule has 4 rings (SSSR count). The number of fused-ring (bicyclic) bond motifs is 1. The first kappa shape index (κ1) is 17.7. The zero-order valence-electron chi connectivity index (χ0n) is 14.5. The number of hydrogen-bond donors (Lipinski definition) is 0. The van der Waals surface area contributed by atoms with Crippen LogP contribution in [0.3, 0.4) is 0 Å². The number of hydrogen-bond acceptors (Lipinski definition) is 6. The van der Waals surface area contributed by atoms with Crippen molar-refractivity contribution < 1.29 is 9.37 Å². The topological polar surface area (TPSA) is 73.9 Å². The van der Waals surface area contributed by atoms with E-state index in [4.69, 9.17) is 32.6 Å². The first-order valence-corrected chi connectivity index (χ1v) is 8.90. The highest BCUT2D eigenvalue weighted by atomic mass is 35.5. The minimum absolute atomic E-state index is 0.203. The normalized spacial score (nSPS) is 11.1. The van der Waals surface area contributed by atoms with Crippen molar-refractivity contribution in [3.8, 4) is 17.0 Å². The van der Waals surface area contributed by atoms with E-state index in [1.807, 2.05) is 38.1 Å². The molecule has 0 N–H and O–H groups in total. The average Bonchev–Trinajstić information content (AvgIpc) is 3.06. The number of ether oxygens (including phenoxy) is 1. The number of para-hydroxylation sites is 1. The van der Waals surface area contributed by atoms with Crippen LogP contribution >= 0.6 is 23.2 Å². The van der Waals surface area contributed by atoms with E-state index in [1.54, 1.807) is 0 Å². The van der Waals surface area contributed by atoms with Crippen molar-refractivity contribution in [1.29, 1.82) is 0 Å². The van der Waals surface area contributed by atoms with E-state index < -0.39 is 0 Å². The van der Waals surface area contributed by atoms with Crippen molar-refractivity contribution in [1.82, 2.24) is 20.3 Å². The van der Waals surface area contributed by atoms with Crippen LogP contribution in [-0.2, 0) is 6.61 Å². The number of aryl methyl sites for hydroxylation is 2. The van der Waals surface area contributed by atoms with E-state index in [9.17, 15) is 0 Å². The van der Waals surface area contributed by atoms with Gasteiger partial charge in [0, 0.05) is 34.6 Å². The molecule has 4 aromatic rings. The van der Waals surface area contributed by atoms with Crippen LogP contribution in [-0.4, -0.2) is 20.3 Å². The Kier molecular flexibility index (Phi) is 4.68. The molecule has 0 aliphatic carbocycles. The zero-order valence-corrected chi connectivity index (χ0v) is 16.0. The summed E-state index contributed by atoms with van der Waals surface area (Å²) in [6.07, 6.45) is 3.08. The summed E-state index contributed by atoms with van der Waals surface area (Å²) in [4.78, 5) is 8.61. The number of nitrogens with zero attached hydrogens (tertiary/aromatic N) is 4. The summed E-state index contributed by atoms with van der Waals surface area (Å²) in [5.41, 5.74) is 4.51. The third-order valence-corrected chi connectivity index (χ3v) is 4.81. The van der Waals surface area contributed by atoms with Crippen LogP contribution in [0.5, 0.6) is 5.75 Å². The second-order valence-corrected chi connectivity index (χ2v) is 6.85. The van der Waals surface area contributed by atoms with E-state index in [-0.39, 0.29) is 6.61 Å². The van der Waals surface area contributed by atoms with Gasteiger partial charge >= 0.3 is 0 Å². The van der Waals surface area contributed by atoms with Crippen LogP contribution in [0.4, 0.5) is 0 Å². The van der Waals surface area contributed by atoms with Crippen molar-refractivity contribution in [2.75, 3.05) is 0 Å². The molecule has 0 saturated carbocycles. The molecule has 1 aromatic carbocycles. The lowest BCUT2D eigenvalue weighted by atomic mass is 10.0. The quantitative estimate of drug-likeness (QED) is 0.469. The van der Waals surface area contributed by atoms with Gasteiger partial charge in [0.15, 0.2) is 0 Å². The standard InChI is InChI=1S/C19H14Cl2N4O2/c1-10-6-13(18-11(2)24-27-25-18)12-4-3-5-17(19(12)23-10)26-9-14-15(20)7-22-8-16(14)21/h3-8H,9H2,1-2H3. The summed E-state index contributed by atoms with van der Waals surface area (Å²) in [6, 6.07) is 7.67. The third-order valence-electron chi connectivity index (χ3n) is 4.16. The second kappa shape index (κ2) is 7.13. The summed E-state index contributed by atoms with van der Waals surface area (Å²) in [7, 11) is 0. The van der Waals surface area contributed by atoms with Gasteiger partial charge in [0.1, 0.15) is 29.3 Å². The molecule has 0 fully saturated rings. The van der Waals surface area contributed by atoms with E-state index >= 15 is 0 Å². The Morgan fingerprint density at radius 3 is 2.56 bits per heavy atom. The number of halogens is 2. The Labute approximate surface area is 165 Å². The highest BCUT2D eigenvalue weighted by Gasteiger charge is 2.16. The van der Waals surface area contributed by atoms with Gasteiger partial charge in [-0.25, -0.2) is 9.61 Å². The summed E-state index contributed by atoms with van der Waals surface area (Å²) in [6.45, 7) is 3.97. The Hall–Kier alpha value is -2.70. The summed E-state index contributed by atoms with van der Waals surface area (Å²) in [5.74, 6) is 0.621. The number of pyridine rings is 2. The first-order chi connectivity index (χ1) is 13.0. The van der Waals surface area contributed by atoms with Gasteiger partial charge in [0.05, 0.1) is 10.0 Å². The molecule has 27 heavy (non-hydrogen) atoms. The molecule has 3 aromatic heterocycles. The fraction of sp³-hybridized carbons (Fsp3) is 0.158. The van der Waals surface area contributed by atoms with Crippen LogP contribution in [0.15, 0.2) is 41.3 Å². The Morgan fingerprint density at radius 1 is 1.07 bits per heavy atom. The van der Waals surface area contributed by atoms with Crippen molar-refractivity contribution in [2.24, 2.45) is 0 Å². The lowest BCUT2D eigenvalue weighted by Gasteiger charge is -2.13. The molecular weight excluding hydrogens is 387 g/mol. The first-order valence-electron chi connectivity index (χ1n) is 8.15. The molecule has 136 valence electrons. The fourth-order valence-corrected chi connectivity index (χ4v) is 3.34. The minimum atomic E-state index is 0.203. The molecule has 0 aliphatic heterocycles. The highest BCUT2D eigenvalue weighted by Crippen LogP contribution is 2.34. The fourth-order valence-electron chi connectivity index (χ4n) is 2.86. The van der Waals surface area contributed by atoms with Gasteiger partial charge in [0.2, 0.25) is 0 Å². The van der Waals surface area contributed by atoms with Crippen molar-refractivity contribution in [2.45, 2.75) is 20.5 Å². The summed E-state index contributed by atoms with van der Waals surface area (Å²) >= 11 is 12.4. The van der Waals surface area contributed by atoms with Crippen LogP contribution in [0.1, 0.15) is 17.0 Å². The smallest absolute Gasteiger partial charge is 0.146 e. The van der Waals surface area contributed by atoms with Gasteiger partial charge in [-0.05, 0) is 31.1 Å². The van der Waals surface area contributed by atoms with Crippen molar-refractivity contribution in [3.05, 3.63) is 63.7 Å². The maximum Gasteiger partial charge on any atom is 0.146 e. The second-order valence-electron chi connectivity index (χ2n) is 6.03. The summed E-state index contributed by atoms with van der Waals surface area (Å²) < 4.78 is 10.9. The van der Waals surface area contributed by atoms with Gasteiger partial charge < -0.3 is 4.74 Å². The van der Waals surface area contributed by atoms with Crippen LogP contribution in [0.2, 0.25) is 10.0 Å². The molecular formula is C19H14Cl2N4O2. The monoisotopic (exact) mass is 400 g/mol. The van der Waals surface area contributed by atoms with Crippen LogP contribution in [0, 0.1) is 13.8 Å². The maximum atomic E-state index is 6.18. The van der Waals surface area contributed by atoms with Crippen LogP contribution in [0.25, 0.3) is 22.2 Å². The molecule has 8 heteroatoms. The SMILES string of the molecule is Cc1cc(-c2nonc2C)c2cccc(OCc3c(Cl)cncc3Cl)c2n1. The minimum Gasteiger partial charge on any atom is -0.487 e. The number of benzene rings is 1. The molecule has 0 saturated heterocycles. The van der Waals surface area contributed by atoms with Crippen molar-refractivity contribution >= 4 is 34.1 Å². The molecule has 3 heterocycles. The molecule has 6 nitrogen and oxygen atoms in total. The molecule has 0 bridgehead atoms.